The first-order valence-electron chi connectivity index (χ1n) is 8.60. The van der Waals surface area contributed by atoms with Crippen molar-refractivity contribution in [2.45, 2.75) is 47.6 Å². The molecule has 24 heavy (non-hydrogen) atoms. The van der Waals surface area contributed by atoms with Crippen LogP contribution in [0.15, 0.2) is 30.3 Å². The van der Waals surface area contributed by atoms with E-state index < -0.39 is 0 Å². The van der Waals surface area contributed by atoms with Crippen molar-refractivity contribution in [2.75, 3.05) is 16.3 Å². The van der Waals surface area contributed by atoms with Gasteiger partial charge in [0, 0.05) is 17.9 Å². The van der Waals surface area contributed by atoms with Crippen LogP contribution in [0.3, 0.4) is 0 Å². The van der Waals surface area contributed by atoms with Gasteiger partial charge >= 0.3 is 0 Å². The molecule has 1 aliphatic rings. The number of rotatable bonds is 2. The maximum absolute atomic E-state index is 8.86. The summed E-state index contributed by atoms with van der Waals surface area (Å²) in [4.78, 5) is 4.35. The largest absolute Gasteiger partial charge is 0.310 e. The molecule has 0 aliphatic carbocycles. The van der Waals surface area contributed by atoms with E-state index in [2.05, 4.69) is 81.7 Å². The third-order valence-electron chi connectivity index (χ3n) is 4.96. The summed E-state index contributed by atoms with van der Waals surface area (Å²) in [5, 5.41) is 8.86. The lowest BCUT2D eigenvalue weighted by Gasteiger charge is -2.28. The van der Waals surface area contributed by atoms with Crippen molar-refractivity contribution >= 4 is 17.3 Å². The van der Waals surface area contributed by atoms with Gasteiger partial charge in [0.25, 0.3) is 0 Å². The Morgan fingerprint density at radius 2 is 1.42 bits per heavy atom. The highest BCUT2D eigenvalue weighted by atomic mass is 15.4. The molecule has 0 amide bonds. The van der Waals surface area contributed by atoms with E-state index in [1.54, 1.807) is 0 Å². The molecule has 3 rings (SSSR count). The number of hydrogen-bond acceptors (Lipinski definition) is 1. The van der Waals surface area contributed by atoms with Gasteiger partial charge in [-0.1, -0.05) is 35.9 Å². The lowest BCUT2D eigenvalue weighted by atomic mass is 10.0. The number of benzene rings is 2. The van der Waals surface area contributed by atoms with Crippen molar-refractivity contribution in [1.29, 1.82) is 5.41 Å². The maximum atomic E-state index is 8.86. The van der Waals surface area contributed by atoms with Crippen LogP contribution in [0, 0.1) is 40.0 Å². The van der Waals surface area contributed by atoms with Gasteiger partial charge in [0.05, 0.1) is 6.04 Å². The Hall–Kier alpha value is -2.29. The van der Waals surface area contributed by atoms with Gasteiger partial charge in [-0.15, -0.1) is 0 Å². The molecule has 1 fully saturated rings. The second kappa shape index (κ2) is 5.97. The Balaban J connectivity index is 2.06. The normalized spacial score (nSPS) is 17.8. The Labute approximate surface area is 145 Å². The Kier molecular flexibility index (Phi) is 4.12. The summed E-state index contributed by atoms with van der Waals surface area (Å²) in [5.41, 5.74) is 8.59. The number of anilines is 2. The van der Waals surface area contributed by atoms with E-state index in [1.807, 2.05) is 0 Å². The predicted octanol–water partition coefficient (Wildman–Crippen LogP) is 4.88. The number of hydrogen-bond donors (Lipinski definition) is 1. The average Bonchev–Trinajstić information content (AvgIpc) is 2.74. The molecule has 1 unspecified atom stereocenters. The molecule has 2 aromatic carbocycles. The molecule has 0 spiro atoms. The average molecular weight is 321 g/mol. The molecule has 0 saturated carbocycles. The number of para-hydroxylation sites is 1. The van der Waals surface area contributed by atoms with Crippen LogP contribution in [0.5, 0.6) is 0 Å². The number of nitrogens with zero attached hydrogens (tertiary/aromatic N) is 2. The van der Waals surface area contributed by atoms with Gasteiger partial charge in [0.1, 0.15) is 0 Å². The molecule has 3 heteroatoms. The fraction of sp³-hybridized carbons (Fsp3) is 0.381. The third kappa shape index (κ3) is 2.58. The fourth-order valence-corrected chi connectivity index (χ4v) is 4.08. The van der Waals surface area contributed by atoms with E-state index in [4.69, 9.17) is 5.41 Å². The van der Waals surface area contributed by atoms with E-state index >= 15 is 0 Å². The van der Waals surface area contributed by atoms with Gasteiger partial charge in [-0.2, -0.15) is 0 Å². The topological polar surface area (TPSA) is 30.3 Å². The Morgan fingerprint density at radius 3 is 1.96 bits per heavy atom. The smallest absolute Gasteiger partial charge is 0.203 e. The van der Waals surface area contributed by atoms with E-state index in [0.29, 0.717) is 5.96 Å². The van der Waals surface area contributed by atoms with Crippen LogP contribution < -0.4 is 9.80 Å². The summed E-state index contributed by atoms with van der Waals surface area (Å²) in [6.45, 7) is 13.7. The first kappa shape index (κ1) is 16.6. The van der Waals surface area contributed by atoms with Crippen molar-refractivity contribution in [3.63, 3.8) is 0 Å². The minimum Gasteiger partial charge on any atom is -0.310 e. The van der Waals surface area contributed by atoms with Crippen LogP contribution in [0.1, 0.15) is 34.7 Å². The van der Waals surface area contributed by atoms with Gasteiger partial charge in [-0.25, -0.2) is 0 Å². The lowest BCUT2D eigenvalue weighted by molar-refractivity contribution is 0.789. The number of aryl methyl sites for hydroxylation is 5. The summed E-state index contributed by atoms with van der Waals surface area (Å²) >= 11 is 0. The van der Waals surface area contributed by atoms with Gasteiger partial charge in [-0.05, 0) is 63.8 Å². The van der Waals surface area contributed by atoms with Crippen LogP contribution in [-0.2, 0) is 0 Å². The zero-order valence-electron chi connectivity index (χ0n) is 15.6. The Morgan fingerprint density at radius 1 is 0.875 bits per heavy atom. The zero-order valence-corrected chi connectivity index (χ0v) is 15.6. The molecule has 3 nitrogen and oxygen atoms in total. The predicted molar refractivity (Wildman–Crippen MR) is 104 cm³/mol. The summed E-state index contributed by atoms with van der Waals surface area (Å²) in [5.74, 6) is 0.579. The van der Waals surface area contributed by atoms with Gasteiger partial charge < -0.3 is 9.80 Å². The van der Waals surface area contributed by atoms with E-state index in [9.17, 15) is 0 Å². The first-order chi connectivity index (χ1) is 11.3. The van der Waals surface area contributed by atoms with Crippen LogP contribution in [0.4, 0.5) is 11.4 Å². The van der Waals surface area contributed by atoms with Crippen molar-refractivity contribution in [3.8, 4) is 0 Å². The summed E-state index contributed by atoms with van der Waals surface area (Å²) in [6, 6.07) is 11.0. The van der Waals surface area contributed by atoms with E-state index in [0.717, 1.165) is 6.54 Å². The molecule has 1 heterocycles. The highest BCUT2D eigenvalue weighted by Crippen LogP contribution is 2.35. The van der Waals surface area contributed by atoms with Crippen LogP contribution in [0.2, 0.25) is 0 Å². The molecule has 0 radical (unpaired) electrons. The van der Waals surface area contributed by atoms with Crippen molar-refractivity contribution in [1.82, 2.24) is 0 Å². The molecule has 1 aliphatic heterocycles. The molecule has 2 aromatic rings. The Bertz CT molecular complexity index is 763. The SMILES string of the molecule is Cc1cc(C)c(N2CC(C)N(c3c(C)cccc3C)C2=N)c(C)c1. The third-order valence-corrected chi connectivity index (χ3v) is 4.96. The zero-order chi connectivity index (χ0) is 17.6. The van der Waals surface area contributed by atoms with Crippen molar-refractivity contribution < 1.29 is 0 Å². The first-order valence-corrected chi connectivity index (χ1v) is 8.60. The number of guanidine groups is 1. The summed E-state index contributed by atoms with van der Waals surface area (Å²) in [6.07, 6.45) is 0. The van der Waals surface area contributed by atoms with Crippen molar-refractivity contribution in [3.05, 3.63) is 58.1 Å². The second-order valence-corrected chi connectivity index (χ2v) is 7.14. The highest BCUT2D eigenvalue weighted by molar-refractivity contribution is 6.09. The fourth-order valence-electron chi connectivity index (χ4n) is 4.08. The molecule has 1 atom stereocenters. The lowest BCUT2D eigenvalue weighted by Crippen LogP contribution is -2.36. The molecule has 1 saturated heterocycles. The minimum atomic E-state index is 0.275. The van der Waals surface area contributed by atoms with E-state index in [-0.39, 0.29) is 6.04 Å². The van der Waals surface area contributed by atoms with Crippen LogP contribution >= 0.6 is 0 Å². The highest BCUT2D eigenvalue weighted by Gasteiger charge is 2.36. The van der Waals surface area contributed by atoms with Gasteiger partial charge in [0.2, 0.25) is 5.96 Å². The molecule has 0 bridgehead atoms. The summed E-state index contributed by atoms with van der Waals surface area (Å²) in [7, 11) is 0. The second-order valence-electron chi connectivity index (χ2n) is 7.14. The van der Waals surface area contributed by atoms with Crippen LogP contribution in [-0.4, -0.2) is 18.5 Å². The molecule has 0 aromatic heterocycles. The van der Waals surface area contributed by atoms with Gasteiger partial charge in [0.15, 0.2) is 0 Å². The molecule has 126 valence electrons. The molecular weight excluding hydrogens is 294 g/mol. The summed E-state index contributed by atoms with van der Waals surface area (Å²) < 4.78 is 0. The molecular formula is C21H27N3. The molecule has 1 N–H and O–H groups in total. The van der Waals surface area contributed by atoms with Crippen molar-refractivity contribution in [2.24, 2.45) is 0 Å². The minimum absolute atomic E-state index is 0.275. The maximum Gasteiger partial charge on any atom is 0.203 e. The quantitative estimate of drug-likeness (QED) is 0.854. The van der Waals surface area contributed by atoms with Gasteiger partial charge in [-0.3, -0.25) is 5.41 Å². The standard InChI is InChI=1S/C21H27N3/c1-13-10-16(4)19(17(5)11-13)23-12-18(6)24(21(23)22)20-14(2)8-7-9-15(20)3/h7-11,18,22H,12H2,1-6H3. The van der Waals surface area contributed by atoms with E-state index in [1.165, 1.54) is 39.2 Å². The number of nitrogens with one attached hydrogen (secondary N) is 1. The van der Waals surface area contributed by atoms with Crippen LogP contribution in [0.25, 0.3) is 0 Å². The monoisotopic (exact) mass is 321 g/mol.